The monoisotopic (exact) mass is 515 g/mol. The van der Waals surface area contributed by atoms with Crippen LogP contribution in [0.5, 0.6) is 5.75 Å². The summed E-state index contributed by atoms with van der Waals surface area (Å²) in [6.07, 6.45) is 3.29. The number of nitrogens with zero attached hydrogens (tertiary/aromatic N) is 2. The minimum Gasteiger partial charge on any atom is -0.426 e. The summed E-state index contributed by atoms with van der Waals surface area (Å²) < 4.78 is 23.7. The Kier molecular flexibility index (Phi) is 11.2. The summed E-state index contributed by atoms with van der Waals surface area (Å²) in [7, 11) is 1.42. The van der Waals surface area contributed by atoms with Gasteiger partial charge in [0.1, 0.15) is 12.0 Å². The molecule has 2 aliphatic heterocycles. The molecule has 0 saturated carbocycles. The van der Waals surface area contributed by atoms with Gasteiger partial charge in [-0.3, -0.25) is 18.9 Å². The summed E-state index contributed by atoms with van der Waals surface area (Å²) >= 11 is 5.09. The highest BCUT2D eigenvalue weighted by Gasteiger charge is 2.24. The van der Waals surface area contributed by atoms with Crippen molar-refractivity contribution < 1.29 is 28.3 Å². The SMILES string of the molecule is CC1CCC(n2cc(CON=O)c(=O)[nH]c2=S)O1.CO.COP1OCc2cc(C)cc(C)c2O1. The zero-order valence-electron chi connectivity index (χ0n) is 19.8. The summed E-state index contributed by atoms with van der Waals surface area (Å²) in [4.78, 5) is 28.3. The molecule has 1 aromatic heterocycles. The van der Waals surface area contributed by atoms with E-state index in [1.54, 1.807) is 17.9 Å². The molecule has 188 valence electrons. The number of hydrogen-bond acceptors (Lipinski definition) is 10. The van der Waals surface area contributed by atoms with Gasteiger partial charge in [0.25, 0.3) is 5.56 Å². The van der Waals surface area contributed by atoms with Gasteiger partial charge < -0.3 is 23.7 Å². The summed E-state index contributed by atoms with van der Waals surface area (Å²) in [5.41, 5.74) is 3.39. The molecule has 3 heterocycles. The van der Waals surface area contributed by atoms with E-state index in [1.807, 2.05) is 13.8 Å². The van der Waals surface area contributed by atoms with Crippen LogP contribution < -0.4 is 10.1 Å². The van der Waals surface area contributed by atoms with E-state index in [0.717, 1.165) is 36.8 Å². The van der Waals surface area contributed by atoms with Gasteiger partial charge in [0.2, 0.25) is 0 Å². The maximum absolute atomic E-state index is 11.6. The first kappa shape index (κ1) is 28.0. The van der Waals surface area contributed by atoms with Crippen molar-refractivity contribution in [2.45, 2.75) is 59.2 Å². The van der Waals surface area contributed by atoms with Gasteiger partial charge >= 0.3 is 8.60 Å². The Morgan fingerprint density at radius 2 is 2.06 bits per heavy atom. The van der Waals surface area contributed by atoms with E-state index in [9.17, 15) is 9.70 Å². The number of fused-ring (bicyclic) bond motifs is 1. The average Bonchev–Trinajstić information content (AvgIpc) is 3.26. The van der Waals surface area contributed by atoms with Crippen LogP contribution in [-0.2, 0) is 31.8 Å². The maximum Gasteiger partial charge on any atom is 0.397 e. The Labute approximate surface area is 203 Å². The van der Waals surface area contributed by atoms with Gasteiger partial charge in [-0.15, -0.1) is 4.91 Å². The zero-order chi connectivity index (χ0) is 25.3. The number of ether oxygens (including phenoxy) is 1. The highest BCUT2D eigenvalue weighted by Crippen LogP contribution is 2.47. The molecule has 0 amide bonds. The van der Waals surface area contributed by atoms with Crippen molar-refractivity contribution in [1.82, 2.24) is 9.55 Å². The normalized spacial score (nSPS) is 20.6. The van der Waals surface area contributed by atoms with Gasteiger partial charge in [0.15, 0.2) is 16.7 Å². The van der Waals surface area contributed by atoms with E-state index in [0.29, 0.717) is 11.4 Å². The van der Waals surface area contributed by atoms with Crippen molar-refractivity contribution in [3.05, 3.63) is 60.6 Å². The van der Waals surface area contributed by atoms with Crippen LogP contribution in [0, 0.1) is 23.5 Å². The first-order valence-electron chi connectivity index (χ1n) is 10.5. The van der Waals surface area contributed by atoms with E-state index in [4.69, 9.17) is 35.6 Å². The summed E-state index contributed by atoms with van der Waals surface area (Å²) in [5.74, 6) is 0.926. The van der Waals surface area contributed by atoms with Crippen molar-refractivity contribution >= 4 is 20.8 Å². The molecule has 1 saturated heterocycles. The Morgan fingerprint density at radius 3 is 2.68 bits per heavy atom. The van der Waals surface area contributed by atoms with Crippen molar-refractivity contribution in [3.8, 4) is 5.75 Å². The molecule has 0 spiro atoms. The first-order valence-corrected chi connectivity index (χ1v) is 12.0. The Bertz CT molecular complexity index is 1080. The van der Waals surface area contributed by atoms with Gasteiger partial charge in [0, 0.05) is 26.0 Å². The summed E-state index contributed by atoms with van der Waals surface area (Å²) in [6, 6.07) is 4.19. The highest BCUT2D eigenvalue weighted by atomic mass is 32.1. The molecule has 0 radical (unpaired) electrons. The van der Waals surface area contributed by atoms with Gasteiger partial charge in [-0.05, 0) is 51.4 Å². The number of H-pyrrole nitrogens is 1. The van der Waals surface area contributed by atoms with Crippen LogP contribution in [0.1, 0.15) is 48.2 Å². The second kappa shape index (κ2) is 13.6. The lowest BCUT2D eigenvalue weighted by Crippen LogP contribution is -2.21. The third kappa shape index (κ3) is 7.39. The molecule has 34 heavy (non-hydrogen) atoms. The number of benzene rings is 1. The molecular weight excluding hydrogens is 485 g/mol. The van der Waals surface area contributed by atoms with Crippen LogP contribution in [-0.4, -0.2) is 35.0 Å². The number of nitrogens with one attached hydrogen (secondary N) is 1. The highest BCUT2D eigenvalue weighted by molar-refractivity contribution is 7.71. The van der Waals surface area contributed by atoms with Crippen molar-refractivity contribution in [2.24, 2.45) is 5.34 Å². The van der Waals surface area contributed by atoms with E-state index in [1.165, 1.54) is 5.56 Å². The molecule has 2 aromatic rings. The Hall–Kier alpha value is -2.21. The fourth-order valence-corrected chi connectivity index (χ4v) is 4.67. The van der Waals surface area contributed by atoms with Gasteiger partial charge in [-0.2, -0.15) is 0 Å². The number of aryl methyl sites for hydroxylation is 2. The smallest absolute Gasteiger partial charge is 0.397 e. The van der Waals surface area contributed by atoms with Crippen LogP contribution in [0.15, 0.2) is 28.5 Å². The predicted octanol–water partition coefficient (Wildman–Crippen LogP) is 4.50. The molecule has 4 rings (SSSR count). The number of aliphatic hydroxyl groups is 1. The molecule has 0 bridgehead atoms. The van der Waals surface area contributed by atoms with Crippen LogP contribution in [0.2, 0.25) is 0 Å². The minimum absolute atomic E-state index is 0.167. The minimum atomic E-state index is -1.18. The number of aliphatic hydroxyl groups excluding tert-OH is 1. The van der Waals surface area contributed by atoms with Gasteiger partial charge in [-0.1, -0.05) is 17.7 Å². The van der Waals surface area contributed by atoms with E-state index in [2.05, 4.69) is 34.2 Å². The Morgan fingerprint density at radius 1 is 1.32 bits per heavy atom. The standard InChI is InChI=1S/C10H13N3O4S.C10H13O3P.CH4O/c1-6-2-3-8(17-6)13-4-7(5-16-12-15)9(14)11-10(13)18;1-7-4-8(2)10-9(5-7)6-12-14(11-3)13-10;1-2/h4,6,8H,2-3,5H2,1H3,(H,11,14,18);4-5H,6H2,1-3H3;2H,1H3. The lowest BCUT2D eigenvalue weighted by atomic mass is 10.1. The summed E-state index contributed by atoms with van der Waals surface area (Å²) in [5, 5.41) is 9.26. The van der Waals surface area contributed by atoms with Crippen molar-refractivity contribution in [3.63, 3.8) is 0 Å². The van der Waals surface area contributed by atoms with E-state index >= 15 is 0 Å². The lowest BCUT2D eigenvalue weighted by molar-refractivity contribution is 0.00856. The largest absolute Gasteiger partial charge is 0.426 e. The third-order valence-corrected chi connectivity index (χ3v) is 6.25. The second-order valence-corrected chi connectivity index (χ2v) is 9.13. The van der Waals surface area contributed by atoms with E-state index in [-0.39, 0.29) is 30.1 Å². The van der Waals surface area contributed by atoms with Gasteiger partial charge in [0.05, 0.1) is 18.3 Å². The molecule has 13 heteroatoms. The average molecular weight is 516 g/mol. The fraction of sp³-hybridized carbons (Fsp3) is 0.524. The molecule has 2 N–H and O–H groups in total. The van der Waals surface area contributed by atoms with E-state index < -0.39 is 8.60 Å². The molecule has 2 aliphatic rings. The zero-order valence-corrected chi connectivity index (χ0v) is 21.5. The van der Waals surface area contributed by atoms with Crippen molar-refractivity contribution in [1.29, 1.82) is 0 Å². The summed E-state index contributed by atoms with van der Waals surface area (Å²) in [6.45, 7) is 6.49. The Balaban J connectivity index is 0.000000230. The quantitative estimate of drug-likeness (QED) is 0.256. The van der Waals surface area contributed by atoms with Gasteiger partial charge in [-0.25, -0.2) is 0 Å². The number of rotatable bonds is 5. The third-order valence-electron chi connectivity index (χ3n) is 4.97. The number of aromatic nitrogens is 2. The molecule has 0 aliphatic carbocycles. The topological polar surface area (TPSA) is 134 Å². The molecule has 3 unspecified atom stereocenters. The number of aromatic amines is 1. The fourth-order valence-electron chi connectivity index (χ4n) is 3.52. The van der Waals surface area contributed by atoms with Crippen LogP contribution >= 0.6 is 20.8 Å². The van der Waals surface area contributed by atoms with Crippen LogP contribution in [0.3, 0.4) is 0 Å². The molecular formula is C21H30N3O8PS. The maximum atomic E-state index is 11.6. The first-order chi connectivity index (χ1) is 16.3. The molecule has 1 aromatic carbocycles. The number of hydrogen-bond donors (Lipinski definition) is 2. The molecule has 11 nitrogen and oxygen atoms in total. The molecule has 3 atom stereocenters. The van der Waals surface area contributed by atoms with Crippen LogP contribution in [0.25, 0.3) is 0 Å². The van der Waals surface area contributed by atoms with Crippen molar-refractivity contribution in [2.75, 3.05) is 14.2 Å². The second-order valence-electron chi connectivity index (χ2n) is 7.49. The molecule has 1 fully saturated rings. The van der Waals surface area contributed by atoms with Crippen LogP contribution in [0.4, 0.5) is 0 Å². The predicted molar refractivity (Wildman–Crippen MR) is 129 cm³/mol. The lowest BCUT2D eigenvalue weighted by Gasteiger charge is -2.24.